The Bertz CT molecular complexity index is 724. The Kier molecular flexibility index (Phi) is 4.79. The van der Waals surface area contributed by atoms with Crippen LogP contribution in [0.4, 0.5) is 18.9 Å². The zero-order valence-electron chi connectivity index (χ0n) is 11.4. The van der Waals surface area contributed by atoms with Crippen LogP contribution in [0.2, 0.25) is 0 Å². The maximum absolute atomic E-state index is 12.5. The summed E-state index contributed by atoms with van der Waals surface area (Å²) in [5.41, 5.74) is 0.826. The summed E-state index contributed by atoms with van der Waals surface area (Å²) in [4.78, 5) is 23.0. The number of carbonyl (C=O) groups excluding carboxylic acids is 2. The minimum absolute atomic E-state index is 0.157. The van der Waals surface area contributed by atoms with Crippen molar-refractivity contribution in [2.24, 2.45) is 5.10 Å². The van der Waals surface area contributed by atoms with Crippen LogP contribution in [0.15, 0.2) is 52.2 Å². The summed E-state index contributed by atoms with van der Waals surface area (Å²) in [5, 5.41) is 5.52. The fraction of sp³-hybridized carbons (Fsp3) is 0.0714. The maximum Gasteiger partial charge on any atom is 0.416 e. The van der Waals surface area contributed by atoms with Gasteiger partial charge in [0, 0.05) is 5.69 Å². The lowest BCUT2D eigenvalue weighted by Gasteiger charge is -2.09. The van der Waals surface area contributed by atoms with Gasteiger partial charge < -0.3 is 9.73 Å². The molecule has 2 aromatic rings. The van der Waals surface area contributed by atoms with Crippen LogP contribution in [-0.2, 0) is 15.8 Å². The van der Waals surface area contributed by atoms with E-state index in [2.05, 4.69) is 5.10 Å². The average molecular weight is 325 g/mol. The van der Waals surface area contributed by atoms with E-state index in [0.717, 1.165) is 24.4 Å². The number of hydrazone groups is 1. The van der Waals surface area contributed by atoms with Gasteiger partial charge in [-0.2, -0.15) is 18.3 Å². The molecular formula is C14H10F3N3O3. The zero-order valence-corrected chi connectivity index (χ0v) is 11.4. The van der Waals surface area contributed by atoms with Gasteiger partial charge in [-0.3, -0.25) is 9.59 Å². The smallest absolute Gasteiger partial charge is 0.416 e. The van der Waals surface area contributed by atoms with Gasteiger partial charge in [-0.05, 0) is 30.3 Å². The first kappa shape index (κ1) is 16.3. The summed E-state index contributed by atoms with van der Waals surface area (Å²) in [7, 11) is 0. The van der Waals surface area contributed by atoms with Gasteiger partial charge in [-0.15, -0.1) is 0 Å². The summed E-state index contributed by atoms with van der Waals surface area (Å²) in [6.45, 7) is 0. The van der Waals surface area contributed by atoms with E-state index in [0.29, 0.717) is 5.76 Å². The monoisotopic (exact) mass is 325 g/mol. The van der Waals surface area contributed by atoms with Gasteiger partial charge in [0.1, 0.15) is 5.76 Å². The quantitative estimate of drug-likeness (QED) is 0.516. The molecule has 2 rings (SSSR count). The van der Waals surface area contributed by atoms with Crippen molar-refractivity contribution < 1.29 is 27.2 Å². The van der Waals surface area contributed by atoms with Crippen molar-refractivity contribution in [1.29, 1.82) is 0 Å². The molecule has 120 valence electrons. The van der Waals surface area contributed by atoms with Crippen LogP contribution in [-0.4, -0.2) is 18.0 Å². The van der Waals surface area contributed by atoms with E-state index in [1.165, 1.54) is 12.3 Å². The van der Waals surface area contributed by atoms with E-state index in [-0.39, 0.29) is 5.69 Å². The molecule has 1 aromatic heterocycles. The molecule has 1 heterocycles. The Morgan fingerprint density at radius 1 is 1.13 bits per heavy atom. The highest BCUT2D eigenvalue weighted by molar-refractivity contribution is 6.39. The summed E-state index contributed by atoms with van der Waals surface area (Å²) < 4.78 is 42.5. The van der Waals surface area contributed by atoms with Crippen molar-refractivity contribution in [3.8, 4) is 0 Å². The normalized spacial score (nSPS) is 11.4. The van der Waals surface area contributed by atoms with Crippen molar-refractivity contribution in [2.75, 3.05) is 5.32 Å². The summed E-state index contributed by atoms with van der Waals surface area (Å²) in [6, 6.07) is 7.08. The molecule has 9 heteroatoms. The third kappa shape index (κ3) is 4.70. The van der Waals surface area contributed by atoms with Crippen molar-refractivity contribution in [1.82, 2.24) is 5.43 Å². The molecule has 0 fully saturated rings. The number of furan rings is 1. The van der Waals surface area contributed by atoms with Crippen LogP contribution in [0.1, 0.15) is 11.3 Å². The molecule has 0 atom stereocenters. The topological polar surface area (TPSA) is 83.7 Å². The predicted molar refractivity (Wildman–Crippen MR) is 74.5 cm³/mol. The van der Waals surface area contributed by atoms with Gasteiger partial charge in [0.05, 0.1) is 18.0 Å². The van der Waals surface area contributed by atoms with Gasteiger partial charge in [0.25, 0.3) is 0 Å². The Morgan fingerprint density at radius 2 is 1.91 bits per heavy atom. The van der Waals surface area contributed by atoms with Crippen molar-refractivity contribution in [3.05, 3.63) is 54.0 Å². The van der Waals surface area contributed by atoms with E-state index < -0.39 is 23.6 Å². The molecule has 0 aliphatic heterocycles. The predicted octanol–water partition coefficient (Wildman–Crippen LogP) is 2.39. The number of halogens is 3. The summed E-state index contributed by atoms with van der Waals surface area (Å²) in [6.07, 6.45) is -1.99. The van der Waals surface area contributed by atoms with Gasteiger partial charge in [0.2, 0.25) is 0 Å². The fourth-order valence-corrected chi connectivity index (χ4v) is 1.53. The van der Waals surface area contributed by atoms with E-state index in [1.807, 2.05) is 10.7 Å². The molecule has 0 spiro atoms. The number of benzene rings is 1. The first-order chi connectivity index (χ1) is 10.9. The molecule has 2 amide bonds. The molecule has 23 heavy (non-hydrogen) atoms. The molecule has 0 unspecified atom stereocenters. The average Bonchev–Trinajstić information content (AvgIpc) is 3.00. The molecule has 0 aliphatic carbocycles. The molecular weight excluding hydrogens is 315 g/mol. The Morgan fingerprint density at radius 3 is 2.57 bits per heavy atom. The standard InChI is InChI=1S/C14H10F3N3O3/c15-14(16,17)9-3-1-4-10(7-9)19-12(21)13(22)20-18-8-11-5-2-6-23-11/h1-8H,(H,19,21)(H,20,22). The zero-order chi connectivity index (χ0) is 16.9. The highest BCUT2D eigenvalue weighted by Crippen LogP contribution is 2.30. The first-order valence-corrected chi connectivity index (χ1v) is 6.21. The third-order valence-electron chi connectivity index (χ3n) is 2.56. The van der Waals surface area contributed by atoms with Crippen LogP contribution in [0.5, 0.6) is 0 Å². The maximum atomic E-state index is 12.5. The van der Waals surface area contributed by atoms with Gasteiger partial charge in [-0.1, -0.05) is 6.07 Å². The van der Waals surface area contributed by atoms with Gasteiger partial charge >= 0.3 is 18.0 Å². The molecule has 0 bridgehead atoms. The van der Waals surface area contributed by atoms with Crippen LogP contribution >= 0.6 is 0 Å². The van der Waals surface area contributed by atoms with E-state index in [1.54, 1.807) is 12.1 Å². The second kappa shape index (κ2) is 6.77. The van der Waals surface area contributed by atoms with Crippen LogP contribution in [0.3, 0.4) is 0 Å². The van der Waals surface area contributed by atoms with Gasteiger partial charge in [0.15, 0.2) is 0 Å². The van der Waals surface area contributed by atoms with Crippen LogP contribution < -0.4 is 10.7 Å². The fourth-order valence-electron chi connectivity index (χ4n) is 1.53. The van der Waals surface area contributed by atoms with E-state index >= 15 is 0 Å². The minimum atomic E-state index is -4.55. The van der Waals surface area contributed by atoms with Crippen LogP contribution in [0.25, 0.3) is 0 Å². The number of nitrogens with one attached hydrogen (secondary N) is 2. The van der Waals surface area contributed by atoms with Crippen molar-refractivity contribution in [2.45, 2.75) is 6.18 Å². The lowest BCUT2D eigenvalue weighted by molar-refractivity contribution is -0.137. The van der Waals surface area contributed by atoms with Crippen molar-refractivity contribution in [3.63, 3.8) is 0 Å². The molecule has 6 nitrogen and oxygen atoms in total. The molecule has 2 N–H and O–H groups in total. The number of anilines is 1. The Hall–Kier alpha value is -3.10. The highest BCUT2D eigenvalue weighted by Gasteiger charge is 2.30. The number of alkyl halides is 3. The third-order valence-corrected chi connectivity index (χ3v) is 2.56. The molecule has 0 saturated heterocycles. The molecule has 1 aromatic carbocycles. The number of carbonyl (C=O) groups is 2. The second-order valence-electron chi connectivity index (χ2n) is 4.25. The van der Waals surface area contributed by atoms with Crippen LogP contribution in [0, 0.1) is 0 Å². The van der Waals surface area contributed by atoms with E-state index in [4.69, 9.17) is 4.42 Å². The number of rotatable bonds is 3. The second-order valence-corrected chi connectivity index (χ2v) is 4.25. The molecule has 0 saturated carbocycles. The summed E-state index contributed by atoms with van der Waals surface area (Å²) >= 11 is 0. The number of hydrogen-bond donors (Lipinski definition) is 2. The number of nitrogens with zero attached hydrogens (tertiary/aromatic N) is 1. The minimum Gasteiger partial charge on any atom is -0.463 e. The Balaban J connectivity index is 1.94. The molecule has 0 aliphatic rings. The first-order valence-electron chi connectivity index (χ1n) is 6.21. The SMILES string of the molecule is O=C(NN=Cc1ccco1)C(=O)Nc1cccc(C(F)(F)F)c1. The van der Waals surface area contributed by atoms with E-state index in [9.17, 15) is 22.8 Å². The van der Waals surface area contributed by atoms with Gasteiger partial charge in [-0.25, -0.2) is 5.43 Å². The lowest BCUT2D eigenvalue weighted by atomic mass is 10.2. The largest absolute Gasteiger partial charge is 0.463 e. The lowest BCUT2D eigenvalue weighted by Crippen LogP contribution is -2.32. The Labute approximate surface area is 128 Å². The number of hydrogen-bond acceptors (Lipinski definition) is 4. The summed E-state index contributed by atoms with van der Waals surface area (Å²) in [5.74, 6) is -1.94. The number of amides is 2. The van der Waals surface area contributed by atoms with Crippen molar-refractivity contribution >= 4 is 23.7 Å². The highest BCUT2D eigenvalue weighted by atomic mass is 19.4. The molecule has 0 radical (unpaired) electrons.